The summed E-state index contributed by atoms with van der Waals surface area (Å²) in [6.45, 7) is 4.45. The molecule has 2 heterocycles. The van der Waals surface area contributed by atoms with Crippen molar-refractivity contribution in [2.45, 2.75) is 84.1 Å². The molecule has 4 atom stereocenters. The van der Waals surface area contributed by atoms with Gasteiger partial charge >= 0.3 is 13.1 Å². The highest BCUT2D eigenvalue weighted by Crippen LogP contribution is 2.51. The number of amides is 2. The number of allylic oxidation sites excluding steroid dienone is 2. The number of carboxylic acids is 1. The van der Waals surface area contributed by atoms with Gasteiger partial charge in [0.15, 0.2) is 0 Å². The molecule has 2 amide bonds. The molecule has 3 aliphatic rings. The molecule has 1 aromatic carbocycles. The van der Waals surface area contributed by atoms with Crippen LogP contribution in [0.15, 0.2) is 39.4 Å². The molecular weight excluding hydrogens is 577 g/mol. The molecule has 0 spiro atoms. The van der Waals surface area contributed by atoms with E-state index in [-0.39, 0.29) is 36.0 Å². The highest BCUT2D eigenvalue weighted by Gasteiger charge is 2.56. The maximum atomic E-state index is 13.6. The van der Waals surface area contributed by atoms with Gasteiger partial charge in [-0.2, -0.15) is 0 Å². The summed E-state index contributed by atoms with van der Waals surface area (Å²) in [7, 11) is -1.01. The molecule has 216 valence electrons. The number of imide groups is 1. The Labute approximate surface area is 244 Å². The second kappa shape index (κ2) is 13.5. The first-order valence-corrected chi connectivity index (χ1v) is 15.2. The normalized spacial score (nSPS) is 24.9. The molecule has 4 rings (SSSR count). The van der Waals surface area contributed by atoms with Crippen LogP contribution >= 0.6 is 15.9 Å². The first-order chi connectivity index (χ1) is 19.1. The molecular formula is C30H39BBrNO7. The van der Waals surface area contributed by atoms with Crippen molar-refractivity contribution >= 4 is 46.9 Å². The molecule has 0 aromatic heterocycles. The van der Waals surface area contributed by atoms with Gasteiger partial charge < -0.3 is 19.9 Å². The minimum absolute atomic E-state index is 0.0840. The van der Waals surface area contributed by atoms with Crippen molar-refractivity contribution in [2.24, 2.45) is 17.8 Å². The van der Waals surface area contributed by atoms with Gasteiger partial charge in [-0.05, 0) is 81.0 Å². The fourth-order valence-corrected chi connectivity index (χ4v) is 7.02. The summed E-state index contributed by atoms with van der Waals surface area (Å²) in [5.74, 6) is -2.07. The fraction of sp³-hybridized carbons (Fsp3) is 0.567. The van der Waals surface area contributed by atoms with E-state index in [4.69, 9.17) is 9.76 Å². The van der Waals surface area contributed by atoms with E-state index in [0.29, 0.717) is 51.4 Å². The van der Waals surface area contributed by atoms with Crippen LogP contribution in [0.2, 0.25) is 6.32 Å². The number of aliphatic carboxylic acids is 1. The van der Waals surface area contributed by atoms with Gasteiger partial charge in [-0.3, -0.25) is 19.3 Å². The maximum Gasteiger partial charge on any atom is 0.455 e. The van der Waals surface area contributed by atoms with Gasteiger partial charge in [0.2, 0.25) is 11.8 Å². The molecule has 2 aliphatic heterocycles. The Hall–Kier alpha value is -2.43. The molecule has 2 fully saturated rings. The number of fused-ring (bicyclic) bond motifs is 3. The summed E-state index contributed by atoms with van der Waals surface area (Å²) >= 11 is 3.46. The molecule has 1 aliphatic carbocycles. The lowest BCUT2D eigenvalue weighted by molar-refractivity contribution is -0.141. The van der Waals surface area contributed by atoms with Crippen molar-refractivity contribution in [2.75, 3.05) is 6.54 Å². The average Bonchev–Trinajstić information content (AvgIpc) is 3.16. The van der Waals surface area contributed by atoms with Crippen LogP contribution in [0.1, 0.15) is 77.2 Å². The van der Waals surface area contributed by atoms with Crippen LogP contribution in [0.5, 0.6) is 5.75 Å². The van der Waals surface area contributed by atoms with E-state index in [2.05, 4.69) is 29.8 Å². The van der Waals surface area contributed by atoms with E-state index in [1.807, 2.05) is 12.1 Å². The number of phenolic OH excluding ortho intramolecular Hbond substituents is 1. The number of unbranched alkanes of at least 4 members (excludes halogenated alkanes) is 2. The Morgan fingerprint density at radius 3 is 2.62 bits per heavy atom. The summed E-state index contributed by atoms with van der Waals surface area (Å²) in [6.07, 6.45) is 7.20. The maximum absolute atomic E-state index is 13.6. The van der Waals surface area contributed by atoms with Crippen LogP contribution in [0.3, 0.4) is 0 Å². The zero-order chi connectivity index (χ0) is 29.0. The zero-order valence-electron chi connectivity index (χ0n) is 23.3. The average molecular weight is 616 g/mol. The number of likely N-dealkylation sites (tertiary alicyclic amines) is 1. The number of benzene rings is 1. The van der Waals surface area contributed by atoms with Crippen LogP contribution in [0, 0.1) is 17.8 Å². The predicted octanol–water partition coefficient (Wildman–Crippen LogP) is 5.58. The third-order valence-corrected chi connectivity index (χ3v) is 9.12. The summed E-state index contributed by atoms with van der Waals surface area (Å²) in [5.41, 5.74) is 4.11. The zero-order valence-corrected chi connectivity index (χ0v) is 24.9. The monoisotopic (exact) mass is 615 g/mol. The quantitative estimate of drug-likeness (QED) is 0.121. The lowest BCUT2D eigenvalue weighted by Crippen LogP contribution is -2.46. The highest BCUT2D eigenvalue weighted by atomic mass is 79.9. The van der Waals surface area contributed by atoms with Crippen LogP contribution in [-0.2, 0) is 19.0 Å². The van der Waals surface area contributed by atoms with Crippen LogP contribution in [0.25, 0.3) is 6.08 Å². The largest absolute Gasteiger partial charge is 0.507 e. The minimum atomic E-state index is -1.01. The summed E-state index contributed by atoms with van der Waals surface area (Å²) in [5, 5.41) is 29.9. The lowest BCUT2D eigenvalue weighted by atomic mass is 9.58. The molecule has 2 saturated heterocycles. The van der Waals surface area contributed by atoms with Gasteiger partial charge in [-0.1, -0.05) is 53.4 Å². The SMILES string of the molecule is CCC1=C2[C@@H](CC/C(=C/c3cc(Br)ccc3O)CC)OB(O)C[C@@H]2[C@@H]2C(=O)N(CCCCCC(=O)O)C(=O)[C@@H]2C1. The molecule has 3 N–H and O–H groups in total. The Morgan fingerprint density at radius 2 is 1.93 bits per heavy atom. The molecule has 0 unspecified atom stereocenters. The summed E-state index contributed by atoms with van der Waals surface area (Å²) in [4.78, 5) is 39.1. The molecule has 40 heavy (non-hydrogen) atoms. The minimum Gasteiger partial charge on any atom is -0.507 e. The third-order valence-electron chi connectivity index (χ3n) is 8.63. The van der Waals surface area contributed by atoms with Gasteiger partial charge in [-0.25, -0.2) is 0 Å². The number of carboxylic acid groups (broad SMARTS) is 1. The van der Waals surface area contributed by atoms with Crippen molar-refractivity contribution in [3.63, 3.8) is 0 Å². The van der Waals surface area contributed by atoms with E-state index in [1.54, 1.807) is 12.1 Å². The summed E-state index contributed by atoms with van der Waals surface area (Å²) in [6, 6.07) is 5.33. The Bertz CT molecular complexity index is 1200. The molecule has 0 saturated carbocycles. The molecule has 1 aromatic rings. The number of hydrogen-bond acceptors (Lipinski definition) is 6. The summed E-state index contributed by atoms with van der Waals surface area (Å²) < 4.78 is 6.96. The van der Waals surface area contributed by atoms with Gasteiger partial charge in [0.1, 0.15) is 5.75 Å². The number of aromatic hydroxyl groups is 1. The first kappa shape index (κ1) is 30.5. The number of carbonyl (C=O) groups excluding carboxylic acids is 2. The van der Waals surface area contributed by atoms with Crippen molar-refractivity contribution in [1.29, 1.82) is 0 Å². The first-order valence-electron chi connectivity index (χ1n) is 14.4. The van der Waals surface area contributed by atoms with E-state index < -0.39 is 24.9 Å². The van der Waals surface area contributed by atoms with Crippen LogP contribution < -0.4 is 0 Å². The smallest absolute Gasteiger partial charge is 0.455 e. The van der Waals surface area contributed by atoms with Crippen LogP contribution in [0.4, 0.5) is 0 Å². The molecule has 8 nitrogen and oxygen atoms in total. The Balaban J connectivity index is 1.51. The molecule has 0 bridgehead atoms. The van der Waals surface area contributed by atoms with Gasteiger partial charge in [0.05, 0.1) is 17.9 Å². The van der Waals surface area contributed by atoms with Crippen LogP contribution in [-0.4, -0.2) is 57.7 Å². The van der Waals surface area contributed by atoms with E-state index >= 15 is 0 Å². The van der Waals surface area contributed by atoms with E-state index in [9.17, 15) is 24.5 Å². The standard InChI is InChI=1S/C30H39BBrNO7/c1-3-18(14-20-15-21(32)10-11-24(20)34)9-12-25-27-19(4-2)16-22-28(23(27)17-31(39)40-25)30(38)33(29(22)37)13-7-5-6-8-26(35)36/h10-11,14-15,22-23,25,28,34,39H,3-9,12-13,16-17H2,1-2H3,(H,35,36)/b18-14+/t22-,23+,25-,28-/m1/s1. The third kappa shape index (κ3) is 6.72. The Morgan fingerprint density at radius 1 is 1.15 bits per heavy atom. The van der Waals surface area contributed by atoms with Crippen molar-refractivity contribution in [3.8, 4) is 5.75 Å². The van der Waals surface area contributed by atoms with E-state index in [1.165, 1.54) is 4.90 Å². The lowest BCUT2D eigenvalue weighted by Gasteiger charge is -2.43. The van der Waals surface area contributed by atoms with Gasteiger partial charge in [0.25, 0.3) is 0 Å². The number of nitrogens with zero attached hydrogens (tertiary/aromatic N) is 1. The predicted molar refractivity (Wildman–Crippen MR) is 156 cm³/mol. The number of halogens is 1. The number of rotatable bonds is 12. The topological polar surface area (TPSA) is 124 Å². The number of phenols is 1. The second-order valence-electron chi connectivity index (χ2n) is 11.1. The van der Waals surface area contributed by atoms with Gasteiger partial charge in [0, 0.05) is 23.0 Å². The second-order valence-corrected chi connectivity index (χ2v) is 12.0. The Kier molecular flexibility index (Phi) is 10.3. The fourth-order valence-electron chi connectivity index (χ4n) is 6.64. The van der Waals surface area contributed by atoms with Gasteiger partial charge in [-0.15, -0.1) is 0 Å². The van der Waals surface area contributed by atoms with Crippen molar-refractivity contribution in [1.82, 2.24) is 4.90 Å². The molecule has 10 heteroatoms. The number of carbonyl (C=O) groups is 3. The van der Waals surface area contributed by atoms with Crippen molar-refractivity contribution in [3.05, 3.63) is 45.0 Å². The van der Waals surface area contributed by atoms with E-state index in [0.717, 1.165) is 39.6 Å². The number of hydrogen-bond donors (Lipinski definition) is 3. The highest BCUT2D eigenvalue weighted by molar-refractivity contribution is 9.10. The molecule has 0 radical (unpaired) electrons. The van der Waals surface area contributed by atoms with Crippen molar-refractivity contribution < 1.29 is 34.3 Å².